The number of ketones is 1. The van der Waals surface area contributed by atoms with Gasteiger partial charge in [-0.1, -0.05) is 23.7 Å². The topological polar surface area (TPSA) is 85.6 Å². The molecule has 2 aromatic rings. The molecule has 0 spiro atoms. The summed E-state index contributed by atoms with van der Waals surface area (Å²) in [4.78, 5) is 38.7. The summed E-state index contributed by atoms with van der Waals surface area (Å²) in [6.07, 6.45) is 1.92. The van der Waals surface area contributed by atoms with Gasteiger partial charge < -0.3 is 14.5 Å². The Morgan fingerprint density at radius 1 is 1.24 bits per heavy atom. The average molecular weight is 414 g/mol. The maximum absolute atomic E-state index is 13.6. The van der Waals surface area contributed by atoms with E-state index in [1.54, 1.807) is 37.3 Å². The third-order valence-corrected chi connectivity index (χ3v) is 5.66. The lowest BCUT2D eigenvalue weighted by atomic mass is 9.69. The molecule has 2 heterocycles. The number of nitrogens with one attached hydrogen (secondary N) is 1. The molecule has 7 heteroatoms. The highest BCUT2D eigenvalue weighted by molar-refractivity contribution is 6.30. The first-order valence-electron chi connectivity index (χ1n) is 9.52. The lowest BCUT2D eigenvalue weighted by Gasteiger charge is -2.37. The van der Waals surface area contributed by atoms with Gasteiger partial charge in [-0.2, -0.15) is 0 Å². The zero-order valence-corrected chi connectivity index (χ0v) is 16.6. The van der Waals surface area contributed by atoms with Crippen LogP contribution in [-0.2, 0) is 19.1 Å². The minimum atomic E-state index is -1.02. The van der Waals surface area contributed by atoms with Gasteiger partial charge in [0.2, 0.25) is 5.91 Å². The van der Waals surface area contributed by atoms with Gasteiger partial charge >= 0.3 is 5.97 Å². The number of allylic oxidation sites excluding steroid dienone is 2. The molecule has 29 heavy (non-hydrogen) atoms. The van der Waals surface area contributed by atoms with Gasteiger partial charge in [0.1, 0.15) is 11.7 Å². The first-order valence-corrected chi connectivity index (χ1v) is 9.90. The molecule has 0 bridgehead atoms. The monoisotopic (exact) mass is 413 g/mol. The van der Waals surface area contributed by atoms with Gasteiger partial charge in [-0.05, 0) is 43.2 Å². The minimum absolute atomic E-state index is 0.117. The van der Waals surface area contributed by atoms with E-state index in [0.29, 0.717) is 28.5 Å². The molecule has 1 aliphatic carbocycles. The van der Waals surface area contributed by atoms with Crippen molar-refractivity contribution in [2.45, 2.75) is 31.6 Å². The van der Waals surface area contributed by atoms with Crippen molar-refractivity contribution in [3.8, 4) is 0 Å². The summed E-state index contributed by atoms with van der Waals surface area (Å²) in [6.45, 7) is 1.88. The second-order valence-electron chi connectivity index (χ2n) is 7.17. The van der Waals surface area contributed by atoms with Crippen LogP contribution in [-0.4, -0.2) is 24.3 Å². The maximum atomic E-state index is 13.6. The summed E-state index contributed by atoms with van der Waals surface area (Å²) in [5.74, 6) is -2.58. The molecule has 6 nitrogen and oxygen atoms in total. The SMILES string of the molecule is CCOC(=O)[C@@H]1C(=O)C2=C(C[C@H]1c1ccco1)NC(=O)C[C@@H]2c1cccc(Cl)c1. The number of hydrogen-bond acceptors (Lipinski definition) is 5. The first kappa shape index (κ1) is 19.5. The van der Waals surface area contributed by atoms with Gasteiger partial charge in [0.25, 0.3) is 0 Å². The van der Waals surface area contributed by atoms with Crippen molar-refractivity contribution in [2.24, 2.45) is 5.92 Å². The van der Waals surface area contributed by atoms with Crippen LogP contribution < -0.4 is 5.32 Å². The fourth-order valence-electron chi connectivity index (χ4n) is 4.23. The van der Waals surface area contributed by atoms with Crippen LogP contribution in [0.15, 0.2) is 58.3 Å². The van der Waals surface area contributed by atoms with E-state index >= 15 is 0 Å². The van der Waals surface area contributed by atoms with Crippen molar-refractivity contribution in [3.05, 3.63) is 70.3 Å². The van der Waals surface area contributed by atoms with Crippen LogP contribution in [0.3, 0.4) is 0 Å². The fraction of sp³-hybridized carbons (Fsp3) is 0.318. The Bertz CT molecular complexity index is 994. The summed E-state index contributed by atoms with van der Waals surface area (Å²) in [7, 11) is 0. The number of furan rings is 1. The van der Waals surface area contributed by atoms with Crippen LogP contribution in [0.4, 0.5) is 0 Å². The maximum Gasteiger partial charge on any atom is 0.317 e. The predicted molar refractivity (Wildman–Crippen MR) is 105 cm³/mol. The second kappa shape index (κ2) is 7.87. The number of rotatable bonds is 4. The van der Waals surface area contributed by atoms with Crippen LogP contribution in [0, 0.1) is 5.92 Å². The molecule has 0 fully saturated rings. The van der Waals surface area contributed by atoms with Gasteiger partial charge in [-0.15, -0.1) is 0 Å². The lowest BCUT2D eigenvalue weighted by molar-refractivity contribution is -0.152. The molecule has 4 rings (SSSR count). The number of benzene rings is 1. The third kappa shape index (κ3) is 3.60. The third-order valence-electron chi connectivity index (χ3n) is 5.43. The average Bonchev–Trinajstić information content (AvgIpc) is 3.21. The van der Waals surface area contributed by atoms with E-state index in [4.69, 9.17) is 20.8 Å². The van der Waals surface area contributed by atoms with Crippen molar-refractivity contribution in [1.29, 1.82) is 0 Å². The molecule has 1 amide bonds. The highest BCUT2D eigenvalue weighted by Crippen LogP contribution is 2.46. The molecule has 0 saturated heterocycles. The summed E-state index contributed by atoms with van der Waals surface area (Å²) >= 11 is 6.14. The van der Waals surface area contributed by atoms with Crippen LogP contribution >= 0.6 is 11.6 Å². The molecular formula is C22H20ClNO5. The van der Waals surface area contributed by atoms with E-state index in [1.165, 1.54) is 6.26 Å². The Kier molecular flexibility index (Phi) is 5.28. The van der Waals surface area contributed by atoms with Crippen molar-refractivity contribution in [2.75, 3.05) is 6.61 Å². The summed E-state index contributed by atoms with van der Waals surface area (Å²) < 4.78 is 10.7. The smallest absolute Gasteiger partial charge is 0.317 e. The molecule has 0 radical (unpaired) electrons. The summed E-state index contributed by atoms with van der Waals surface area (Å²) in [6, 6.07) is 10.5. The quantitative estimate of drug-likeness (QED) is 0.609. The molecule has 1 aromatic carbocycles. The number of hydrogen-bond donors (Lipinski definition) is 1. The number of esters is 1. The van der Waals surface area contributed by atoms with Gasteiger partial charge in [0, 0.05) is 34.5 Å². The second-order valence-corrected chi connectivity index (χ2v) is 7.61. The molecular weight excluding hydrogens is 394 g/mol. The number of halogens is 1. The summed E-state index contributed by atoms with van der Waals surface area (Å²) in [5, 5.41) is 3.36. The first-order chi connectivity index (χ1) is 14.0. The number of carbonyl (C=O) groups excluding carboxylic acids is 3. The van der Waals surface area contributed by atoms with Crippen LogP contribution in [0.5, 0.6) is 0 Å². The molecule has 3 atom stereocenters. The Morgan fingerprint density at radius 3 is 2.76 bits per heavy atom. The Balaban J connectivity index is 1.82. The van der Waals surface area contributed by atoms with Gasteiger partial charge in [-0.25, -0.2) is 0 Å². The molecule has 150 valence electrons. The van der Waals surface area contributed by atoms with Crippen molar-refractivity contribution in [1.82, 2.24) is 5.32 Å². The van der Waals surface area contributed by atoms with Gasteiger partial charge in [-0.3, -0.25) is 14.4 Å². The standard InChI is InChI=1S/C22H20ClNO5/c1-2-28-22(27)20-15(17-7-4-8-29-17)10-16-19(21(20)26)14(11-18(25)24-16)12-5-3-6-13(23)9-12/h3-9,14-15,20H,2,10-11H2,1H3,(H,24,25)/t14-,15+,20+/m1/s1. The van der Waals surface area contributed by atoms with E-state index in [-0.39, 0.29) is 24.7 Å². The van der Waals surface area contributed by atoms with E-state index in [1.807, 2.05) is 6.07 Å². The highest BCUT2D eigenvalue weighted by atomic mass is 35.5. The number of carbonyl (C=O) groups is 3. The highest BCUT2D eigenvalue weighted by Gasteiger charge is 2.48. The van der Waals surface area contributed by atoms with Gasteiger partial charge in [0.15, 0.2) is 5.78 Å². The van der Waals surface area contributed by atoms with E-state index in [9.17, 15) is 14.4 Å². The Hall–Kier alpha value is -2.86. The lowest BCUT2D eigenvalue weighted by Crippen LogP contribution is -2.44. The summed E-state index contributed by atoms with van der Waals surface area (Å²) in [5.41, 5.74) is 1.76. The van der Waals surface area contributed by atoms with E-state index in [2.05, 4.69) is 5.32 Å². The van der Waals surface area contributed by atoms with Gasteiger partial charge in [0.05, 0.1) is 12.9 Å². The fourth-order valence-corrected chi connectivity index (χ4v) is 4.43. The molecule has 1 N–H and O–H groups in total. The normalized spacial score (nSPS) is 24.1. The largest absolute Gasteiger partial charge is 0.469 e. The van der Waals surface area contributed by atoms with Crippen molar-refractivity contribution < 1.29 is 23.5 Å². The van der Waals surface area contributed by atoms with Crippen LogP contribution in [0.25, 0.3) is 0 Å². The van der Waals surface area contributed by atoms with E-state index in [0.717, 1.165) is 5.56 Å². The molecule has 1 aromatic heterocycles. The molecule has 0 unspecified atom stereocenters. The van der Waals surface area contributed by atoms with E-state index < -0.39 is 23.7 Å². The number of Topliss-reactive ketones (excluding diaryl/α,β-unsaturated/α-hetero) is 1. The van der Waals surface area contributed by atoms with Crippen LogP contribution in [0.2, 0.25) is 5.02 Å². The van der Waals surface area contributed by atoms with Crippen molar-refractivity contribution in [3.63, 3.8) is 0 Å². The van der Waals surface area contributed by atoms with Crippen LogP contribution in [0.1, 0.15) is 42.9 Å². The molecule has 1 aliphatic heterocycles. The number of amides is 1. The number of ether oxygens (including phenoxy) is 1. The molecule has 2 aliphatic rings. The Morgan fingerprint density at radius 2 is 2.07 bits per heavy atom. The zero-order chi connectivity index (χ0) is 20.5. The minimum Gasteiger partial charge on any atom is -0.469 e. The zero-order valence-electron chi connectivity index (χ0n) is 15.8. The predicted octanol–water partition coefficient (Wildman–Crippen LogP) is 3.73. The van der Waals surface area contributed by atoms with Crippen molar-refractivity contribution >= 4 is 29.3 Å². The Labute approximate surface area is 172 Å². The molecule has 0 saturated carbocycles.